The molecule has 1 rings (SSSR count). The van der Waals surface area contributed by atoms with Crippen LogP contribution in [-0.2, 0) is 11.3 Å². The van der Waals surface area contributed by atoms with E-state index in [-0.39, 0.29) is 5.91 Å². The lowest BCUT2D eigenvalue weighted by Gasteiger charge is -2.11. The van der Waals surface area contributed by atoms with Crippen molar-refractivity contribution in [3.63, 3.8) is 0 Å². The topological polar surface area (TPSA) is 85.8 Å². The molecule has 0 aromatic carbocycles. The molecule has 1 unspecified atom stereocenters. The number of nitrogens with zero attached hydrogens (tertiary/aromatic N) is 3. The molecular weight excluding hydrogens is 230 g/mol. The van der Waals surface area contributed by atoms with Gasteiger partial charge >= 0.3 is 0 Å². The number of hydrogen-bond acceptors (Lipinski definition) is 4. The smallest absolute Gasteiger partial charge is 0.236 e. The summed E-state index contributed by atoms with van der Waals surface area (Å²) in [4.78, 5) is 11.6. The zero-order valence-electron chi connectivity index (χ0n) is 11.0. The van der Waals surface area contributed by atoms with E-state index in [0.29, 0.717) is 6.42 Å². The second-order valence-corrected chi connectivity index (χ2v) is 4.41. The Bertz CT molecular complexity index is 325. The number of aryl methyl sites for hydroxylation is 1. The highest BCUT2D eigenvalue weighted by Gasteiger charge is 2.11. The van der Waals surface area contributed by atoms with Gasteiger partial charge in [0.1, 0.15) is 0 Å². The number of aromatic nitrogens is 3. The van der Waals surface area contributed by atoms with Gasteiger partial charge in [-0.1, -0.05) is 18.6 Å². The van der Waals surface area contributed by atoms with Crippen LogP contribution in [0, 0.1) is 0 Å². The molecule has 1 aromatic heterocycles. The first-order chi connectivity index (χ1) is 8.74. The van der Waals surface area contributed by atoms with Crippen molar-refractivity contribution in [1.29, 1.82) is 0 Å². The standard InChI is InChI=1S/C12H23N5O/c1-2-3-7-14-12(18)11(13)6-4-5-9-17-10-8-15-16-17/h8,10-11H,2-7,9,13H2,1H3,(H,14,18). The van der Waals surface area contributed by atoms with Crippen molar-refractivity contribution in [1.82, 2.24) is 20.3 Å². The van der Waals surface area contributed by atoms with Gasteiger partial charge in [0.25, 0.3) is 0 Å². The van der Waals surface area contributed by atoms with Crippen LogP contribution in [0.2, 0.25) is 0 Å². The van der Waals surface area contributed by atoms with Gasteiger partial charge < -0.3 is 11.1 Å². The average Bonchev–Trinajstić information content (AvgIpc) is 2.87. The third-order valence-corrected chi connectivity index (χ3v) is 2.79. The fourth-order valence-corrected chi connectivity index (χ4v) is 1.64. The van der Waals surface area contributed by atoms with Crippen LogP contribution >= 0.6 is 0 Å². The summed E-state index contributed by atoms with van der Waals surface area (Å²) in [6.45, 7) is 3.64. The zero-order chi connectivity index (χ0) is 13.2. The van der Waals surface area contributed by atoms with Crippen LogP contribution in [0.15, 0.2) is 12.4 Å². The fourth-order valence-electron chi connectivity index (χ4n) is 1.64. The molecule has 0 aliphatic rings. The molecule has 18 heavy (non-hydrogen) atoms. The molecular formula is C12H23N5O. The summed E-state index contributed by atoms with van der Waals surface area (Å²) in [5.41, 5.74) is 5.81. The van der Waals surface area contributed by atoms with Gasteiger partial charge in [-0.15, -0.1) is 5.10 Å². The van der Waals surface area contributed by atoms with Crippen molar-refractivity contribution in [2.75, 3.05) is 6.54 Å². The normalized spacial score (nSPS) is 12.3. The fraction of sp³-hybridized carbons (Fsp3) is 0.750. The minimum Gasteiger partial charge on any atom is -0.355 e. The molecule has 0 saturated carbocycles. The largest absolute Gasteiger partial charge is 0.355 e. The highest BCUT2D eigenvalue weighted by Crippen LogP contribution is 2.01. The highest BCUT2D eigenvalue weighted by molar-refractivity contribution is 5.81. The Labute approximate surface area is 108 Å². The van der Waals surface area contributed by atoms with Crippen LogP contribution in [-0.4, -0.2) is 33.5 Å². The molecule has 0 fully saturated rings. The number of carbonyl (C=O) groups excluding carboxylic acids is 1. The SMILES string of the molecule is CCCCNC(=O)C(N)CCCCn1ccnn1. The van der Waals surface area contributed by atoms with Crippen LogP contribution in [0.25, 0.3) is 0 Å². The van der Waals surface area contributed by atoms with E-state index in [4.69, 9.17) is 5.73 Å². The quantitative estimate of drug-likeness (QED) is 0.634. The molecule has 0 aliphatic carbocycles. The molecule has 1 atom stereocenters. The van der Waals surface area contributed by atoms with Gasteiger partial charge in [0.2, 0.25) is 5.91 Å². The lowest BCUT2D eigenvalue weighted by molar-refractivity contribution is -0.122. The Balaban J connectivity index is 2.05. The summed E-state index contributed by atoms with van der Waals surface area (Å²) in [6.07, 6.45) is 8.16. The minimum absolute atomic E-state index is 0.0378. The number of hydrogen-bond donors (Lipinski definition) is 2. The number of nitrogens with two attached hydrogens (primary N) is 1. The van der Waals surface area contributed by atoms with Gasteiger partial charge in [-0.3, -0.25) is 9.48 Å². The first-order valence-electron chi connectivity index (χ1n) is 6.61. The Morgan fingerprint density at radius 1 is 1.44 bits per heavy atom. The second-order valence-electron chi connectivity index (χ2n) is 4.41. The summed E-state index contributed by atoms with van der Waals surface area (Å²) < 4.78 is 1.78. The molecule has 0 radical (unpaired) electrons. The first-order valence-corrected chi connectivity index (χ1v) is 6.61. The van der Waals surface area contributed by atoms with Gasteiger partial charge in [-0.05, 0) is 25.7 Å². The highest BCUT2D eigenvalue weighted by atomic mass is 16.2. The Morgan fingerprint density at radius 2 is 2.28 bits per heavy atom. The number of unbranched alkanes of at least 4 members (excludes halogenated alkanes) is 2. The molecule has 6 nitrogen and oxygen atoms in total. The van der Waals surface area contributed by atoms with Crippen molar-refractivity contribution in [2.24, 2.45) is 5.73 Å². The van der Waals surface area contributed by atoms with E-state index >= 15 is 0 Å². The average molecular weight is 253 g/mol. The second kappa shape index (κ2) is 8.63. The van der Waals surface area contributed by atoms with Crippen LogP contribution in [0.4, 0.5) is 0 Å². The van der Waals surface area contributed by atoms with Crippen molar-refractivity contribution in [3.8, 4) is 0 Å². The maximum Gasteiger partial charge on any atom is 0.236 e. The molecule has 102 valence electrons. The van der Waals surface area contributed by atoms with Gasteiger partial charge in [-0.25, -0.2) is 0 Å². The van der Waals surface area contributed by atoms with E-state index in [0.717, 1.165) is 38.8 Å². The van der Waals surface area contributed by atoms with E-state index in [1.807, 2.05) is 6.20 Å². The van der Waals surface area contributed by atoms with Crippen molar-refractivity contribution >= 4 is 5.91 Å². The third kappa shape index (κ3) is 5.77. The molecule has 3 N–H and O–H groups in total. The lowest BCUT2D eigenvalue weighted by atomic mass is 10.1. The lowest BCUT2D eigenvalue weighted by Crippen LogP contribution is -2.40. The van der Waals surface area contributed by atoms with Crippen LogP contribution in [0.1, 0.15) is 39.0 Å². The predicted octanol–water partition coefficient (Wildman–Crippen LogP) is 0.692. The Hall–Kier alpha value is -1.43. The Kier molecular flexibility index (Phi) is 7.01. The monoisotopic (exact) mass is 253 g/mol. The van der Waals surface area contributed by atoms with E-state index < -0.39 is 6.04 Å². The summed E-state index contributed by atoms with van der Waals surface area (Å²) in [7, 11) is 0. The van der Waals surface area contributed by atoms with Crippen LogP contribution in [0.3, 0.4) is 0 Å². The maximum absolute atomic E-state index is 11.6. The summed E-state index contributed by atoms with van der Waals surface area (Å²) in [5.74, 6) is -0.0378. The van der Waals surface area contributed by atoms with Gasteiger partial charge in [0.15, 0.2) is 0 Å². The van der Waals surface area contributed by atoms with E-state index in [9.17, 15) is 4.79 Å². The van der Waals surface area contributed by atoms with E-state index in [2.05, 4.69) is 22.6 Å². The molecule has 0 aliphatic heterocycles. The van der Waals surface area contributed by atoms with Gasteiger partial charge in [-0.2, -0.15) is 0 Å². The summed E-state index contributed by atoms with van der Waals surface area (Å²) in [5, 5.41) is 10.5. The summed E-state index contributed by atoms with van der Waals surface area (Å²) >= 11 is 0. The van der Waals surface area contributed by atoms with Gasteiger partial charge in [0.05, 0.1) is 12.2 Å². The molecule has 0 spiro atoms. The molecule has 1 aromatic rings. The molecule has 6 heteroatoms. The van der Waals surface area contributed by atoms with Crippen molar-refractivity contribution in [2.45, 2.75) is 51.6 Å². The molecule has 0 bridgehead atoms. The van der Waals surface area contributed by atoms with Gasteiger partial charge in [0, 0.05) is 19.3 Å². The predicted molar refractivity (Wildman–Crippen MR) is 69.8 cm³/mol. The Morgan fingerprint density at radius 3 is 2.94 bits per heavy atom. The maximum atomic E-state index is 11.6. The van der Waals surface area contributed by atoms with E-state index in [1.165, 1.54) is 0 Å². The zero-order valence-corrected chi connectivity index (χ0v) is 11.0. The number of carbonyl (C=O) groups is 1. The van der Waals surface area contributed by atoms with Crippen LogP contribution in [0.5, 0.6) is 0 Å². The number of nitrogens with one attached hydrogen (secondary N) is 1. The first kappa shape index (κ1) is 14.6. The van der Waals surface area contributed by atoms with Crippen molar-refractivity contribution in [3.05, 3.63) is 12.4 Å². The minimum atomic E-state index is -0.391. The molecule has 0 saturated heterocycles. The summed E-state index contributed by atoms with van der Waals surface area (Å²) in [6, 6.07) is -0.391. The molecule has 1 heterocycles. The van der Waals surface area contributed by atoms with E-state index in [1.54, 1.807) is 10.9 Å². The number of rotatable bonds is 9. The molecule has 1 amide bonds. The van der Waals surface area contributed by atoms with Crippen molar-refractivity contribution < 1.29 is 4.79 Å². The van der Waals surface area contributed by atoms with Crippen LogP contribution < -0.4 is 11.1 Å². The third-order valence-electron chi connectivity index (χ3n) is 2.79. The number of amides is 1.